The first-order valence-corrected chi connectivity index (χ1v) is 7.22. The average Bonchev–Trinajstić information content (AvgIpc) is 3.03. The Balaban J connectivity index is 1.74. The van der Waals surface area contributed by atoms with Crippen LogP contribution in [0.5, 0.6) is 0 Å². The van der Waals surface area contributed by atoms with Gasteiger partial charge < -0.3 is 15.5 Å². The Morgan fingerprint density at radius 1 is 1.37 bits per heavy atom. The van der Waals surface area contributed by atoms with Crippen molar-refractivity contribution in [2.45, 2.75) is 38.3 Å². The van der Waals surface area contributed by atoms with E-state index in [1.807, 2.05) is 18.2 Å². The van der Waals surface area contributed by atoms with E-state index >= 15 is 0 Å². The molecule has 1 aliphatic carbocycles. The number of rotatable bonds is 4. The van der Waals surface area contributed by atoms with Gasteiger partial charge in [-0.2, -0.15) is 0 Å². The first-order valence-electron chi connectivity index (χ1n) is 7.22. The monoisotopic (exact) mass is 258 g/mol. The first kappa shape index (κ1) is 12.7. The molecule has 1 aromatic heterocycles. The molecule has 19 heavy (non-hydrogen) atoms. The van der Waals surface area contributed by atoms with E-state index in [-0.39, 0.29) is 6.04 Å². The van der Waals surface area contributed by atoms with E-state index in [0.29, 0.717) is 12.0 Å². The van der Waals surface area contributed by atoms with E-state index in [1.165, 1.54) is 24.6 Å². The molecule has 1 heterocycles. The minimum atomic E-state index is 0.240. The topological polar surface area (TPSA) is 51.2 Å². The van der Waals surface area contributed by atoms with E-state index in [9.17, 15) is 0 Å². The summed E-state index contributed by atoms with van der Waals surface area (Å²) in [4.78, 5) is 0. The fourth-order valence-electron chi connectivity index (χ4n) is 3.16. The van der Waals surface area contributed by atoms with Crippen molar-refractivity contribution >= 4 is 11.0 Å². The van der Waals surface area contributed by atoms with Gasteiger partial charge in [0.1, 0.15) is 11.3 Å². The van der Waals surface area contributed by atoms with E-state index in [1.54, 1.807) is 0 Å². The van der Waals surface area contributed by atoms with Gasteiger partial charge in [-0.05, 0) is 44.4 Å². The van der Waals surface area contributed by atoms with Crippen LogP contribution in [-0.4, -0.2) is 12.6 Å². The predicted molar refractivity (Wildman–Crippen MR) is 77.9 cm³/mol. The highest BCUT2D eigenvalue weighted by Gasteiger charge is 2.27. The van der Waals surface area contributed by atoms with Crippen LogP contribution < -0.4 is 11.1 Å². The van der Waals surface area contributed by atoms with Crippen molar-refractivity contribution < 1.29 is 4.42 Å². The van der Waals surface area contributed by atoms with Crippen LogP contribution in [0.1, 0.15) is 38.0 Å². The lowest BCUT2D eigenvalue weighted by atomic mass is 10.0. The summed E-state index contributed by atoms with van der Waals surface area (Å²) in [5.74, 6) is 1.63. The average molecular weight is 258 g/mol. The third-order valence-electron chi connectivity index (χ3n) is 4.30. The molecule has 0 aliphatic heterocycles. The number of nitrogens with two attached hydrogens (primary N) is 1. The molecule has 0 saturated heterocycles. The highest BCUT2D eigenvalue weighted by atomic mass is 16.3. The molecule has 3 heteroatoms. The predicted octanol–water partition coefficient (Wildman–Crippen LogP) is 3.21. The minimum Gasteiger partial charge on any atom is -0.459 e. The van der Waals surface area contributed by atoms with E-state index in [0.717, 1.165) is 17.9 Å². The zero-order valence-electron chi connectivity index (χ0n) is 11.4. The summed E-state index contributed by atoms with van der Waals surface area (Å²) in [6, 6.07) is 11.1. The molecule has 102 valence electrons. The zero-order chi connectivity index (χ0) is 13.2. The van der Waals surface area contributed by atoms with Crippen molar-refractivity contribution in [3.63, 3.8) is 0 Å². The number of hydrogen-bond donors (Lipinski definition) is 2. The molecular weight excluding hydrogens is 236 g/mol. The lowest BCUT2D eigenvalue weighted by Crippen LogP contribution is -2.37. The molecule has 0 bridgehead atoms. The molecule has 0 radical (unpaired) electrons. The third-order valence-corrected chi connectivity index (χ3v) is 4.30. The van der Waals surface area contributed by atoms with Gasteiger partial charge in [-0.1, -0.05) is 24.6 Å². The summed E-state index contributed by atoms with van der Waals surface area (Å²) in [5.41, 5.74) is 6.80. The minimum absolute atomic E-state index is 0.240. The second-order valence-electron chi connectivity index (χ2n) is 5.61. The van der Waals surface area contributed by atoms with Gasteiger partial charge in [0.2, 0.25) is 0 Å². The van der Waals surface area contributed by atoms with Crippen molar-refractivity contribution in [1.29, 1.82) is 0 Å². The highest BCUT2D eigenvalue weighted by Crippen LogP contribution is 2.29. The van der Waals surface area contributed by atoms with Crippen LogP contribution in [0.2, 0.25) is 0 Å². The number of nitrogens with one attached hydrogen (secondary N) is 1. The summed E-state index contributed by atoms with van der Waals surface area (Å²) >= 11 is 0. The second kappa shape index (κ2) is 5.35. The number of furan rings is 1. The number of para-hydroxylation sites is 1. The molecule has 3 N–H and O–H groups in total. The molecule has 3 atom stereocenters. The maximum atomic E-state index is 5.92. The molecule has 0 spiro atoms. The van der Waals surface area contributed by atoms with Gasteiger partial charge in [0, 0.05) is 11.4 Å². The van der Waals surface area contributed by atoms with Gasteiger partial charge in [-0.15, -0.1) is 0 Å². The largest absolute Gasteiger partial charge is 0.459 e. The molecule has 1 aromatic carbocycles. The molecule has 3 unspecified atom stereocenters. The number of hydrogen-bond acceptors (Lipinski definition) is 3. The van der Waals surface area contributed by atoms with Crippen LogP contribution in [0.25, 0.3) is 11.0 Å². The Labute approximate surface area is 114 Å². The third kappa shape index (κ3) is 2.53. The van der Waals surface area contributed by atoms with E-state index in [4.69, 9.17) is 10.2 Å². The molecule has 0 amide bonds. The Morgan fingerprint density at radius 3 is 3.00 bits per heavy atom. The van der Waals surface area contributed by atoms with Gasteiger partial charge in [0.25, 0.3) is 0 Å². The summed E-state index contributed by atoms with van der Waals surface area (Å²) in [6.45, 7) is 2.95. The standard InChI is InChI=1S/C16H22N2O/c1-11(18-14-7-4-6-13(14)10-17)16-9-12-5-2-3-8-15(12)19-16/h2-3,5,8-9,11,13-14,18H,4,6-7,10,17H2,1H3. The zero-order valence-corrected chi connectivity index (χ0v) is 11.4. The fraction of sp³-hybridized carbons (Fsp3) is 0.500. The van der Waals surface area contributed by atoms with Gasteiger partial charge in [-0.25, -0.2) is 0 Å². The van der Waals surface area contributed by atoms with Gasteiger partial charge in [-0.3, -0.25) is 0 Å². The van der Waals surface area contributed by atoms with Crippen molar-refractivity contribution in [3.05, 3.63) is 36.1 Å². The highest BCUT2D eigenvalue weighted by molar-refractivity contribution is 5.77. The Bertz CT molecular complexity index is 515. The van der Waals surface area contributed by atoms with Crippen molar-refractivity contribution in [2.24, 2.45) is 11.7 Å². The quantitative estimate of drug-likeness (QED) is 0.885. The maximum Gasteiger partial charge on any atom is 0.134 e. The normalized spacial score (nSPS) is 24.9. The molecule has 2 aromatic rings. The van der Waals surface area contributed by atoms with Crippen LogP contribution in [0, 0.1) is 5.92 Å². The smallest absolute Gasteiger partial charge is 0.134 e. The molecule has 3 nitrogen and oxygen atoms in total. The molecule has 1 fully saturated rings. The van der Waals surface area contributed by atoms with Crippen LogP contribution in [0.15, 0.2) is 34.7 Å². The summed E-state index contributed by atoms with van der Waals surface area (Å²) < 4.78 is 5.92. The molecule has 1 aliphatic rings. The van der Waals surface area contributed by atoms with Crippen molar-refractivity contribution in [2.75, 3.05) is 6.54 Å². The lowest BCUT2D eigenvalue weighted by molar-refractivity contribution is 0.347. The summed E-state index contributed by atoms with van der Waals surface area (Å²) in [5, 5.41) is 4.86. The van der Waals surface area contributed by atoms with Crippen LogP contribution in [0.4, 0.5) is 0 Å². The molecule has 1 saturated carbocycles. The van der Waals surface area contributed by atoms with Crippen molar-refractivity contribution in [1.82, 2.24) is 5.32 Å². The van der Waals surface area contributed by atoms with E-state index in [2.05, 4.69) is 24.4 Å². The lowest BCUT2D eigenvalue weighted by Gasteiger charge is -2.23. The number of fused-ring (bicyclic) bond motifs is 1. The summed E-state index contributed by atoms with van der Waals surface area (Å²) in [6.07, 6.45) is 3.76. The van der Waals surface area contributed by atoms with Crippen molar-refractivity contribution in [3.8, 4) is 0 Å². The molecule has 3 rings (SSSR count). The van der Waals surface area contributed by atoms with Gasteiger partial charge in [0.05, 0.1) is 6.04 Å². The fourth-order valence-corrected chi connectivity index (χ4v) is 3.16. The Hall–Kier alpha value is -1.32. The van der Waals surface area contributed by atoms with Gasteiger partial charge in [0.15, 0.2) is 0 Å². The maximum absolute atomic E-state index is 5.92. The SMILES string of the molecule is CC(NC1CCCC1CN)c1cc2ccccc2o1. The number of benzene rings is 1. The van der Waals surface area contributed by atoms with Crippen LogP contribution >= 0.6 is 0 Å². The first-order chi connectivity index (χ1) is 9.28. The van der Waals surface area contributed by atoms with Crippen LogP contribution in [0.3, 0.4) is 0 Å². The molecular formula is C16H22N2O. The van der Waals surface area contributed by atoms with Gasteiger partial charge >= 0.3 is 0 Å². The summed E-state index contributed by atoms with van der Waals surface area (Å²) in [7, 11) is 0. The Kier molecular flexibility index (Phi) is 3.58. The van der Waals surface area contributed by atoms with Crippen LogP contribution in [-0.2, 0) is 0 Å². The van der Waals surface area contributed by atoms with E-state index < -0.39 is 0 Å². The second-order valence-corrected chi connectivity index (χ2v) is 5.61. The Morgan fingerprint density at radius 2 is 2.21 bits per heavy atom.